The molecule has 0 aromatic heterocycles. The molecule has 24 nitrogen and oxygen atoms in total. The van der Waals surface area contributed by atoms with E-state index in [1.54, 1.807) is 0 Å². The lowest BCUT2D eigenvalue weighted by atomic mass is 10.0. The van der Waals surface area contributed by atoms with Gasteiger partial charge in [-0.25, -0.2) is 12.6 Å². The standard InChI is InChI=1S/C29H31N5O19S5/c1-15-9-19(21(35)12-24(15)54(36,37)8-7-53-58(47,48)49)31-34-28-26(57(44,45)46)10-17-16(29(28)52-4)5-6-18(30-14-55(38,39)40)27(17)33-32-20-11-23(51-3)25(56(41,42)43)13-22(20)50-2/h5-6,9-13,30,35H,7-8,14H2,1-4H3,(H,38,39,40)(H,41,42,43)(H,44,45,46)(H,47,48,49)/b33-32+,34-31+. The van der Waals surface area contributed by atoms with E-state index in [2.05, 4.69) is 30.0 Å². The van der Waals surface area contributed by atoms with Crippen LogP contribution in [0, 0.1) is 6.92 Å². The molecule has 0 aliphatic rings. The van der Waals surface area contributed by atoms with Crippen LogP contribution in [0.3, 0.4) is 0 Å². The van der Waals surface area contributed by atoms with Gasteiger partial charge in [0, 0.05) is 29.0 Å². The summed E-state index contributed by atoms with van der Waals surface area (Å²) in [5.74, 6) is -3.95. The molecule has 4 aromatic carbocycles. The number of hydrogen-bond acceptors (Lipinski definition) is 20. The Kier molecular flexibility index (Phi) is 13.4. The van der Waals surface area contributed by atoms with E-state index in [4.69, 9.17) is 18.8 Å². The largest absolute Gasteiger partial charge is 0.506 e. The van der Waals surface area contributed by atoms with Crippen molar-refractivity contribution in [2.75, 3.05) is 44.9 Å². The molecule has 0 radical (unpaired) electrons. The van der Waals surface area contributed by atoms with Crippen LogP contribution in [0.15, 0.2) is 77.6 Å². The zero-order chi connectivity index (χ0) is 43.6. The number of fused-ring (bicyclic) bond motifs is 1. The highest BCUT2D eigenvalue weighted by Crippen LogP contribution is 2.48. The van der Waals surface area contributed by atoms with Crippen molar-refractivity contribution in [2.24, 2.45) is 20.5 Å². The number of sulfone groups is 1. The summed E-state index contributed by atoms with van der Waals surface area (Å²) in [5, 5.41) is 28.6. The van der Waals surface area contributed by atoms with Gasteiger partial charge in [-0.3, -0.25) is 18.2 Å². The lowest BCUT2D eigenvalue weighted by Gasteiger charge is -2.16. The van der Waals surface area contributed by atoms with Gasteiger partial charge in [-0.1, -0.05) is 0 Å². The number of ether oxygens (including phenoxy) is 3. The van der Waals surface area contributed by atoms with Crippen molar-refractivity contribution in [1.29, 1.82) is 0 Å². The SMILES string of the molecule is COc1cc(S(=O)(=O)O)c(OC)cc1/N=N/c1c(NCS(=O)(=O)O)ccc2c(OC)c(/N=N/c3cc(C)c(S(=O)(=O)CCOS(=O)(=O)O)cc3O)c(S(=O)(=O)O)cc12. The highest BCUT2D eigenvalue weighted by atomic mass is 32.3. The number of anilines is 1. The molecule has 29 heteroatoms. The van der Waals surface area contributed by atoms with Crippen molar-refractivity contribution < 1.29 is 83.8 Å². The summed E-state index contributed by atoms with van der Waals surface area (Å²) in [4.78, 5) is -2.20. The first-order chi connectivity index (χ1) is 26.7. The van der Waals surface area contributed by atoms with E-state index < -0.39 is 112 Å². The third-order valence-corrected chi connectivity index (χ3v) is 12.1. The minimum absolute atomic E-state index is 0.0459. The zero-order valence-electron chi connectivity index (χ0n) is 29.9. The van der Waals surface area contributed by atoms with Gasteiger partial charge in [0.2, 0.25) is 0 Å². The fourth-order valence-electron chi connectivity index (χ4n) is 5.09. The Morgan fingerprint density at radius 3 is 1.79 bits per heavy atom. The Morgan fingerprint density at radius 1 is 0.638 bits per heavy atom. The van der Waals surface area contributed by atoms with E-state index >= 15 is 0 Å². The van der Waals surface area contributed by atoms with Crippen LogP contribution in [-0.2, 0) is 54.8 Å². The van der Waals surface area contributed by atoms with Gasteiger partial charge in [0.1, 0.15) is 55.7 Å². The summed E-state index contributed by atoms with van der Waals surface area (Å²) < 4.78 is 178. The van der Waals surface area contributed by atoms with Gasteiger partial charge in [-0.05, 0) is 36.8 Å². The number of aromatic hydroxyl groups is 1. The van der Waals surface area contributed by atoms with Crippen molar-refractivity contribution in [3.8, 4) is 23.0 Å². The molecule has 58 heavy (non-hydrogen) atoms. The number of aryl methyl sites for hydroxylation is 1. The number of nitrogens with one attached hydrogen (secondary N) is 1. The Labute approximate surface area is 330 Å². The average molecular weight is 914 g/mol. The quantitative estimate of drug-likeness (QED) is 0.0642. The predicted octanol–water partition coefficient (Wildman–Crippen LogP) is 4.05. The number of methoxy groups -OCH3 is 3. The first kappa shape index (κ1) is 45.6. The molecule has 316 valence electrons. The van der Waals surface area contributed by atoms with E-state index in [1.165, 1.54) is 19.1 Å². The Balaban J connectivity index is 1.96. The van der Waals surface area contributed by atoms with Gasteiger partial charge in [0.05, 0.1) is 44.3 Å². The molecule has 4 aromatic rings. The molecule has 0 saturated carbocycles. The van der Waals surface area contributed by atoms with Gasteiger partial charge in [0.15, 0.2) is 15.6 Å². The third-order valence-electron chi connectivity index (χ3n) is 7.56. The molecule has 0 bridgehead atoms. The molecule has 0 aliphatic carbocycles. The molecule has 0 amide bonds. The van der Waals surface area contributed by atoms with Crippen molar-refractivity contribution >= 4 is 89.8 Å². The molecular weight excluding hydrogens is 883 g/mol. The summed E-state index contributed by atoms with van der Waals surface area (Å²) in [5.41, 5.74) is -2.00. The number of rotatable bonds is 17. The van der Waals surface area contributed by atoms with E-state index in [9.17, 15) is 60.9 Å². The molecule has 0 atom stereocenters. The highest BCUT2D eigenvalue weighted by molar-refractivity contribution is 7.91. The molecule has 0 aliphatic heterocycles. The molecule has 0 fully saturated rings. The number of azo groups is 2. The first-order valence-corrected chi connectivity index (χ1v) is 22.8. The van der Waals surface area contributed by atoms with Gasteiger partial charge in [-0.15, -0.1) is 20.5 Å². The number of phenols is 1. The van der Waals surface area contributed by atoms with Gasteiger partial charge < -0.3 is 24.6 Å². The molecule has 0 heterocycles. The third kappa shape index (κ3) is 10.9. The highest BCUT2D eigenvalue weighted by Gasteiger charge is 2.27. The lowest BCUT2D eigenvalue weighted by molar-refractivity contribution is 0.284. The summed E-state index contributed by atoms with van der Waals surface area (Å²) >= 11 is 0. The minimum Gasteiger partial charge on any atom is -0.506 e. The molecule has 4 rings (SSSR count). The maximum Gasteiger partial charge on any atom is 0.397 e. The van der Waals surface area contributed by atoms with Crippen LogP contribution in [-0.4, -0.2) is 105 Å². The van der Waals surface area contributed by atoms with E-state index in [-0.39, 0.29) is 39.1 Å². The first-order valence-electron chi connectivity index (χ1n) is 15.3. The molecular formula is C29H31N5O19S5. The summed E-state index contributed by atoms with van der Waals surface area (Å²) in [6, 6.07) is 6.89. The predicted molar refractivity (Wildman–Crippen MR) is 200 cm³/mol. The maximum absolute atomic E-state index is 12.8. The summed E-state index contributed by atoms with van der Waals surface area (Å²) in [6.45, 7) is 0.310. The Morgan fingerprint density at radius 2 is 1.24 bits per heavy atom. The number of nitrogens with zero attached hydrogens (tertiary/aromatic N) is 4. The van der Waals surface area contributed by atoms with Crippen molar-refractivity contribution in [3.05, 3.63) is 48.0 Å². The topological polar surface area (TPSA) is 370 Å². The number of benzene rings is 4. The second-order valence-corrected chi connectivity index (χ2v) is 18.8. The molecule has 6 N–H and O–H groups in total. The summed E-state index contributed by atoms with van der Waals surface area (Å²) in [7, 11) is -20.8. The van der Waals surface area contributed by atoms with Gasteiger partial charge in [-0.2, -0.15) is 33.7 Å². The van der Waals surface area contributed by atoms with Crippen molar-refractivity contribution in [1.82, 2.24) is 0 Å². The molecule has 0 saturated heterocycles. The zero-order valence-corrected chi connectivity index (χ0v) is 34.0. The van der Waals surface area contributed by atoms with Crippen LogP contribution >= 0.6 is 0 Å². The van der Waals surface area contributed by atoms with Crippen LogP contribution in [0.4, 0.5) is 28.4 Å². The Bertz CT molecular complexity index is 2920. The second kappa shape index (κ2) is 17.0. The second-order valence-electron chi connectivity index (χ2n) is 11.4. The van der Waals surface area contributed by atoms with Crippen LogP contribution in [0.2, 0.25) is 0 Å². The number of hydrogen-bond donors (Lipinski definition) is 6. The smallest absolute Gasteiger partial charge is 0.397 e. The normalized spacial score (nSPS) is 13.0. The summed E-state index contributed by atoms with van der Waals surface area (Å²) in [6.07, 6.45) is 0. The molecule has 0 unspecified atom stereocenters. The van der Waals surface area contributed by atoms with Crippen molar-refractivity contribution in [2.45, 2.75) is 21.6 Å². The lowest BCUT2D eigenvalue weighted by Crippen LogP contribution is -2.16. The minimum atomic E-state index is -5.29. The van der Waals surface area contributed by atoms with Gasteiger partial charge >= 0.3 is 10.4 Å². The van der Waals surface area contributed by atoms with Gasteiger partial charge in [0.25, 0.3) is 30.4 Å². The fourth-order valence-corrected chi connectivity index (χ4v) is 8.48. The van der Waals surface area contributed by atoms with E-state index in [1.807, 2.05) is 0 Å². The van der Waals surface area contributed by atoms with Crippen LogP contribution in [0.25, 0.3) is 10.8 Å². The Hall–Kier alpha value is -5.11. The molecule has 0 spiro atoms. The number of phenolic OH excluding ortho intramolecular Hbond substituents is 1. The van der Waals surface area contributed by atoms with E-state index in [0.717, 1.165) is 51.7 Å². The van der Waals surface area contributed by atoms with Crippen LogP contribution < -0.4 is 19.5 Å². The monoisotopic (exact) mass is 913 g/mol. The van der Waals surface area contributed by atoms with Crippen molar-refractivity contribution in [3.63, 3.8) is 0 Å². The van der Waals surface area contributed by atoms with Crippen LogP contribution in [0.1, 0.15) is 5.56 Å². The van der Waals surface area contributed by atoms with Crippen LogP contribution in [0.5, 0.6) is 23.0 Å². The fraction of sp³-hybridized carbons (Fsp3) is 0.241. The van der Waals surface area contributed by atoms with E-state index in [0.29, 0.717) is 0 Å². The average Bonchev–Trinajstić information content (AvgIpc) is 3.10. The maximum atomic E-state index is 12.8.